The normalized spacial score (nSPS) is 21.7. The van der Waals surface area contributed by atoms with Gasteiger partial charge in [-0.2, -0.15) is 13.2 Å². The first-order valence-corrected chi connectivity index (χ1v) is 8.63. The van der Waals surface area contributed by atoms with Crippen LogP contribution in [0.25, 0.3) is 0 Å². The van der Waals surface area contributed by atoms with Crippen molar-refractivity contribution < 1.29 is 17.9 Å². The molecular weight excluding hydrogens is 333 g/mol. The molecule has 0 aliphatic heterocycles. The number of rotatable bonds is 6. The average Bonchev–Trinajstić information content (AvgIpc) is 2.59. The van der Waals surface area contributed by atoms with E-state index in [9.17, 15) is 13.2 Å². The van der Waals surface area contributed by atoms with Crippen LogP contribution >= 0.6 is 0 Å². The molecule has 0 radical (unpaired) electrons. The van der Waals surface area contributed by atoms with Crippen molar-refractivity contribution >= 4 is 5.96 Å². The lowest BCUT2D eigenvalue weighted by Gasteiger charge is -2.31. The van der Waals surface area contributed by atoms with E-state index in [0.29, 0.717) is 37.8 Å². The Morgan fingerprint density at radius 1 is 1.40 bits per heavy atom. The van der Waals surface area contributed by atoms with Gasteiger partial charge in [-0.05, 0) is 38.3 Å². The number of hydrogen-bond donors (Lipinski definition) is 2. The lowest BCUT2D eigenvalue weighted by atomic mass is 9.85. The fourth-order valence-electron chi connectivity index (χ4n) is 2.88. The molecule has 25 heavy (non-hydrogen) atoms. The van der Waals surface area contributed by atoms with Crippen molar-refractivity contribution in [1.82, 2.24) is 15.6 Å². The number of ether oxygens (including phenoxy) is 1. The summed E-state index contributed by atoms with van der Waals surface area (Å²) in [5.41, 5.74) is 0. The molecular formula is C17H25F3N4O. The van der Waals surface area contributed by atoms with E-state index in [1.54, 1.807) is 24.5 Å². The molecule has 2 N–H and O–H groups in total. The topological polar surface area (TPSA) is 58.5 Å². The first kappa shape index (κ1) is 19.3. The van der Waals surface area contributed by atoms with Gasteiger partial charge in [0, 0.05) is 18.8 Å². The maximum absolute atomic E-state index is 12.9. The molecule has 1 saturated carbocycles. The quantitative estimate of drug-likeness (QED) is 0.466. The number of halogens is 3. The first-order valence-electron chi connectivity index (χ1n) is 8.63. The van der Waals surface area contributed by atoms with Gasteiger partial charge in [-0.3, -0.25) is 4.98 Å². The van der Waals surface area contributed by atoms with Crippen LogP contribution in [0.4, 0.5) is 13.2 Å². The highest BCUT2D eigenvalue weighted by atomic mass is 19.4. The molecule has 1 aliphatic carbocycles. The van der Waals surface area contributed by atoms with Gasteiger partial charge in [0.15, 0.2) is 5.96 Å². The predicted molar refractivity (Wildman–Crippen MR) is 90.6 cm³/mol. The SMILES string of the molecule is CCNC(=NCCOc1cccnc1)NC1CCCC(C(F)(F)F)C1. The van der Waals surface area contributed by atoms with E-state index in [4.69, 9.17) is 4.74 Å². The number of aliphatic imine (C=N–C) groups is 1. The fourth-order valence-corrected chi connectivity index (χ4v) is 2.88. The van der Waals surface area contributed by atoms with Gasteiger partial charge in [0.1, 0.15) is 12.4 Å². The standard InChI is InChI=1S/C17H25F3N4O/c1-2-22-16(23-9-10-25-15-7-4-8-21-12-15)24-14-6-3-5-13(11-14)17(18,19)20/h4,7-8,12-14H,2-3,5-6,9-11H2,1H3,(H2,22,23,24). The molecule has 2 unspecified atom stereocenters. The lowest BCUT2D eigenvalue weighted by Crippen LogP contribution is -2.47. The molecule has 0 spiro atoms. The van der Waals surface area contributed by atoms with E-state index in [0.717, 1.165) is 6.42 Å². The molecule has 1 fully saturated rings. The van der Waals surface area contributed by atoms with Crippen LogP contribution in [-0.4, -0.2) is 42.9 Å². The van der Waals surface area contributed by atoms with Crippen LogP contribution in [0.5, 0.6) is 5.75 Å². The van der Waals surface area contributed by atoms with E-state index in [2.05, 4.69) is 20.6 Å². The van der Waals surface area contributed by atoms with E-state index in [1.165, 1.54) is 0 Å². The Balaban J connectivity index is 1.82. The van der Waals surface area contributed by atoms with E-state index >= 15 is 0 Å². The number of alkyl halides is 3. The molecule has 0 aromatic carbocycles. The summed E-state index contributed by atoms with van der Waals surface area (Å²) in [5.74, 6) is -0.0309. The predicted octanol–water partition coefficient (Wildman–Crippen LogP) is 3.14. The van der Waals surface area contributed by atoms with Crippen molar-refractivity contribution in [2.75, 3.05) is 19.7 Å². The maximum Gasteiger partial charge on any atom is 0.391 e. The van der Waals surface area contributed by atoms with Crippen LogP contribution in [0.15, 0.2) is 29.5 Å². The van der Waals surface area contributed by atoms with E-state index < -0.39 is 12.1 Å². The van der Waals surface area contributed by atoms with Gasteiger partial charge >= 0.3 is 6.18 Å². The van der Waals surface area contributed by atoms with Crippen molar-refractivity contribution in [3.8, 4) is 5.75 Å². The third kappa shape index (κ3) is 6.80. The van der Waals surface area contributed by atoms with Crippen LogP contribution in [-0.2, 0) is 0 Å². The van der Waals surface area contributed by atoms with Crippen molar-refractivity contribution in [3.05, 3.63) is 24.5 Å². The molecule has 8 heteroatoms. The third-order valence-electron chi connectivity index (χ3n) is 4.09. The largest absolute Gasteiger partial charge is 0.490 e. The number of pyridine rings is 1. The van der Waals surface area contributed by atoms with Gasteiger partial charge in [0.05, 0.1) is 18.7 Å². The number of hydrogen-bond acceptors (Lipinski definition) is 3. The van der Waals surface area contributed by atoms with Crippen molar-refractivity contribution in [1.29, 1.82) is 0 Å². The Morgan fingerprint density at radius 3 is 2.92 bits per heavy atom. The molecule has 2 atom stereocenters. The van der Waals surface area contributed by atoms with Gasteiger partial charge in [0.25, 0.3) is 0 Å². The molecule has 5 nitrogen and oxygen atoms in total. The van der Waals surface area contributed by atoms with Gasteiger partial charge in [-0.25, -0.2) is 4.99 Å². The molecule has 0 saturated heterocycles. The zero-order valence-electron chi connectivity index (χ0n) is 14.4. The highest BCUT2D eigenvalue weighted by Crippen LogP contribution is 2.37. The highest BCUT2D eigenvalue weighted by Gasteiger charge is 2.42. The van der Waals surface area contributed by atoms with Crippen LogP contribution < -0.4 is 15.4 Å². The Labute approximate surface area is 146 Å². The number of guanidine groups is 1. The summed E-state index contributed by atoms with van der Waals surface area (Å²) in [5, 5.41) is 6.20. The zero-order chi connectivity index (χ0) is 18.1. The maximum atomic E-state index is 12.9. The molecule has 1 aromatic rings. The summed E-state index contributed by atoms with van der Waals surface area (Å²) in [4.78, 5) is 8.33. The number of aromatic nitrogens is 1. The number of nitrogens with zero attached hydrogens (tertiary/aromatic N) is 2. The molecule has 2 rings (SSSR count). The summed E-state index contributed by atoms with van der Waals surface area (Å²) in [6.07, 6.45) is 0.777. The molecule has 1 aromatic heterocycles. The van der Waals surface area contributed by atoms with Gasteiger partial charge in [0.2, 0.25) is 0 Å². The summed E-state index contributed by atoms with van der Waals surface area (Å²) >= 11 is 0. The molecule has 0 bridgehead atoms. The van der Waals surface area contributed by atoms with Gasteiger partial charge < -0.3 is 15.4 Å². The third-order valence-corrected chi connectivity index (χ3v) is 4.09. The van der Waals surface area contributed by atoms with Crippen molar-refractivity contribution in [2.45, 2.75) is 44.8 Å². The minimum atomic E-state index is -4.12. The molecule has 1 aliphatic rings. The Kier molecular flexibility index (Phi) is 7.33. The van der Waals surface area contributed by atoms with Crippen LogP contribution in [0.3, 0.4) is 0 Å². The molecule has 140 valence electrons. The zero-order valence-corrected chi connectivity index (χ0v) is 14.4. The Morgan fingerprint density at radius 2 is 2.24 bits per heavy atom. The lowest BCUT2D eigenvalue weighted by molar-refractivity contribution is -0.183. The van der Waals surface area contributed by atoms with Crippen LogP contribution in [0.1, 0.15) is 32.6 Å². The van der Waals surface area contributed by atoms with Gasteiger partial charge in [-0.1, -0.05) is 6.42 Å². The van der Waals surface area contributed by atoms with Gasteiger partial charge in [-0.15, -0.1) is 0 Å². The average molecular weight is 358 g/mol. The van der Waals surface area contributed by atoms with Crippen LogP contribution in [0.2, 0.25) is 0 Å². The minimum absolute atomic E-state index is 0.0973. The second-order valence-electron chi connectivity index (χ2n) is 6.04. The van der Waals surface area contributed by atoms with E-state index in [-0.39, 0.29) is 18.9 Å². The second-order valence-corrected chi connectivity index (χ2v) is 6.04. The summed E-state index contributed by atoms with van der Waals surface area (Å²) in [6, 6.07) is 3.38. The second kappa shape index (κ2) is 9.48. The first-order chi connectivity index (χ1) is 12.0. The van der Waals surface area contributed by atoms with E-state index in [1.807, 2.05) is 6.92 Å². The van der Waals surface area contributed by atoms with Crippen molar-refractivity contribution in [2.24, 2.45) is 10.9 Å². The summed E-state index contributed by atoms with van der Waals surface area (Å²) in [7, 11) is 0. The fraction of sp³-hybridized carbons (Fsp3) is 0.647. The van der Waals surface area contributed by atoms with Crippen LogP contribution in [0, 0.1) is 5.92 Å². The Bertz CT molecular complexity index is 536. The molecule has 0 amide bonds. The molecule has 1 heterocycles. The Hall–Kier alpha value is -1.99. The monoisotopic (exact) mass is 358 g/mol. The summed E-state index contributed by atoms with van der Waals surface area (Å²) < 4.78 is 44.3. The smallest absolute Gasteiger partial charge is 0.391 e. The van der Waals surface area contributed by atoms with Crippen molar-refractivity contribution in [3.63, 3.8) is 0 Å². The minimum Gasteiger partial charge on any atom is -0.490 e. The number of nitrogens with one attached hydrogen (secondary N) is 2. The highest BCUT2D eigenvalue weighted by molar-refractivity contribution is 5.80. The summed E-state index contributed by atoms with van der Waals surface area (Å²) in [6.45, 7) is 3.34.